The number of hydrogen-bond acceptors (Lipinski definition) is 4. The fourth-order valence-electron chi connectivity index (χ4n) is 2.63. The van der Waals surface area contributed by atoms with E-state index in [1.807, 2.05) is 0 Å². The molecule has 0 bridgehead atoms. The van der Waals surface area contributed by atoms with Crippen LogP contribution in [0.4, 0.5) is 5.82 Å². The predicted molar refractivity (Wildman–Crippen MR) is 77.5 cm³/mol. The summed E-state index contributed by atoms with van der Waals surface area (Å²) < 4.78 is 0. The molecular formula is C13H20N4S. The van der Waals surface area contributed by atoms with Crippen molar-refractivity contribution in [2.24, 2.45) is 17.6 Å². The van der Waals surface area contributed by atoms with Gasteiger partial charge in [0.1, 0.15) is 10.7 Å². The number of aromatic nitrogens is 2. The lowest BCUT2D eigenvalue weighted by Crippen LogP contribution is -2.23. The number of hydrogen-bond donors (Lipinski definition) is 2. The van der Waals surface area contributed by atoms with Gasteiger partial charge in [0.2, 0.25) is 0 Å². The molecule has 2 rings (SSSR count). The Bertz CT molecular complexity index is 421. The summed E-state index contributed by atoms with van der Waals surface area (Å²) in [6.45, 7) is 3.26. The summed E-state index contributed by atoms with van der Waals surface area (Å²) in [6, 6.07) is 0. The molecule has 1 fully saturated rings. The second kappa shape index (κ2) is 6.09. The van der Waals surface area contributed by atoms with Gasteiger partial charge >= 0.3 is 0 Å². The van der Waals surface area contributed by atoms with E-state index in [1.165, 1.54) is 25.7 Å². The Balaban J connectivity index is 1.95. The first kappa shape index (κ1) is 13.2. The predicted octanol–water partition coefficient (Wildman–Crippen LogP) is 2.35. The third kappa shape index (κ3) is 3.38. The molecule has 1 heterocycles. The molecule has 1 aliphatic carbocycles. The molecule has 98 valence electrons. The Kier molecular flexibility index (Phi) is 4.47. The van der Waals surface area contributed by atoms with Gasteiger partial charge < -0.3 is 11.1 Å². The summed E-state index contributed by atoms with van der Waals surface area (Å²) in [7, 11) is 0. The van der Waals surface area contributed by atoms with Crippen LogP contribution in [0.2, 0.25) is 0 Å². The van der Waals surface area contributed by atoms with Crippen LogP contribution in [-0.4, -0.2) is 21.5 Å². The third-order valence-electron chi connectivity index (χ3n) is 3.53. The van der Waals surface area contributed by atoms with Gasteiger partial charge in [-0.2, -0.15) is 0 Å². The molecule has 18 heavy (non-hydrogen) atoms. The highest BCUT2D eigenvalue weighted by Gasteiger charge is 2.19. The minimum absolute atomic E-state index is 0.294. The maximum Gasteiger partial charge on any atom is 0.155 e. The normalized spacial score (nSPS) is 23.6. The van der Waals surface area contributed by atoms with E-state index in [9.17, 15) is 0 Å². The monoisotopic (exact) mass is 264 g/mol. The Hall–Kier alpha value is -1.23. The quantitative estimate of drug-likeness (QED) is 0.817. The Morgan fingerprint density at radius 3 is 2.94 bits per heavy atom. The number of thiocarbonyl (C=S) groups is 1. The first-order valence-corrected chi connectivity index (χ1v) is 6.92. The number of anilines is 1. The van der Waals surface area contributed by atoms with Crippen molar-refractivity contribution in [3.8, 4) is 0 Å². The number of nitrogens with one attached hydrogen (secondary N) is 1. The van der Waals surface area contributed by atoms with Gasteiger partial charge in [0.15, 0.2) is 5.82 Å². The number of nitrogens with two attached hydrogens (primary N) is 1. The van der Waals surface area contributed by atoms with Gasteiger partial charge in [-0.05, 0) is 24.7 Å². The lowest BCUT2D eigenvalue weighted by Gasteiger charge is -2.27. The van der Waals surface area contributed by atoms with Gasteiger partial charge in [0.25, 0.3) is 0 Å². The minimum atomic E-state index is 0.294. The van der Waals surface area contributed by atoms with Gasteiger partial charge in [-0.3, -0.25) is 0 Å². The number of rotatable bonds is 4. The molecular weight excluding hydrogens is 244 g/mol. The molecule has 1 aromatic heterocycles. The van der Waals surface area contributed by atoms with Crippen molar-refractivity contribution in [1.29, 1.82) is 0 Å². The smallest absolute Gasteiger partial charge is 0.155 e. The maximum atomic E-state index is 5.63. The van der Waals surface area contributed by atoms with Gasteiger partial charge in [-0.1, -0.05) is 32.0 Å². The molecule has 0 saturated heterocycles. The van der Waals surface area contributed by atoms with Crippen LogP contribution < -0.4 is 11.1 Å². The second-order valence-electron chi connectivity index (χ2n) is 5.14. The van der Waals surface area contributed by atoms with Crippen LogP contribution in [0.15, 0.2) is 12.4 Å². The van der Waals surface area contributed by atoms with Crippen LogP contribution in [0.1, 0.15) is 38.3 Å². The van der Waals surface area contributed by atoms with Crippen LogP contribution in [0.3, 0.4) is 0 Å². The van der Waals surface area contributed by atoms with E-state index in [0.29, 0.717) is 16.5 Å². The average Bonchev–Trinajstić information content (AvgIpc) is 2.37. The zero-order valence-corrected chi connectivity index (χ0v) is 11.5. The van der Waals surface area contributed by atoms with E-state index in [4.69, 9.17) is 18.0 Å². The van der Waals surface area contributed by atoms with Crippen LogP contribution in [0, 0.1) is 11.8 Å². The van der Waals surface area contributed by atoms with Crippen LogP contribution in [0.5, 0.6) is 0 Å². The Labute approximate surface area is 113 Å². The van der Waals surface area contributed by atoms with Gasteiger partial charge in [-0.15, -0.1) is 0 Å². The average molecular weight is 264 g/mol. The van der Waals surface area contributed by atoms with Crippen molar-refractivity contribution >= 4 is 23.0 Å². The maximum absolute atomic E-state index is 5.63. The van der Waals surface area contributed by atoms with Crippen molar-refractivity contribution in [3.05, 3.63) is 18.1 Å². The van der Waals surface area contributed by atoms with E-state index in [0.717, 1.165) is 18.4 Å². The zero-order chi connectivity index (χ0) is 13.0. The molecule has 4 nitrogen and oxygen atoms in total. The summed E-state index contributed by atoms with van der Waals surface area (Å²) in [5, 5.41) is 3.34. The summed E-state index contributed by atoms with van der Waals surface area (Å²) >= 11 is 4.97. The van der Waals surface area contributed by atoms with Gasteiger partial charge in [-0.25, -0.2) is 9.97 Å². The van der Waals surface area contributed by atoms with E-state index in [2.05, 4.69) is 22.2 Å². The van der Waals surface area contributed by atoms with Crippen LogP contribution in [-0.2, 0) is 0 Å². The highest BCUT2D eigenvalue weighted by molar-refractivity contribution is 7.80. The van der Waals surface area contributed by atoms with Crippen LogP contribution in [0.25, 0.3) is 0 Å². The van der Waals surface area contributed by atoms with Gasteiger partial charge in [0, 0.05) is 18.9 Å². The standard InChI is InChI=1S/C13H20N4S/c1-9-3-2-4-10(7-9)8-17-13-11(12(14)18)15-5-6-16-13/h5-6,9-10H,2-4,7-8H2,1H3,(H2,14,18)(H,16,17). The topological polar surface area (TPSA) is 63.8 Å². The summed E-state index contributed by atoms with van der Waals surface area (Å²) in [5.74, 6) is 2.26. The molecule has 0 aliphatic heterocycles. The van der Waals surface area contributed by atoms with E-state index < -0.39 is 0 Å². The molecule has 5 heteroatoms. The van der Waals surface area contributed by atoms with Crippen molar-refractivity contribution < 1.29 is 0 Å². The van der Waals surface area contributed by atoms with Gasteiger partial charge in [0.05, 0.1) is 0 Å². The number of nitrogens with zero attached hydrogens (tertiary/aromatic N) is 2. The van der Waals surface area contributed by atoms with Crippen molar-refractivity contribution in [2.75, 3.05) is 11.9 Å². The molecule has 2 unspecified atom stereocenters. The summed E-state index contributed by atoms with van der Waals surface area (Å²) in [4.78, 5) is 8.72. The molecule has 0 spiro atoms. The van der Waals surface area contributed by atoms with Crippen molar-refractivity contribution in [1.82, 2.24) is 9.97 Å². The van der Waals surface area contributed by atoms with Crippen molar-refractivity contribution in [2.45, 2.75) is 32.6 Å². The Morgan fingerprint density at radius 2 is 2.22 bits per heavy atom. The van der Waals surface area contributed by atoms with Crippen LogP contribution >= 0.6 is 12.2 Å². The van der Waals surface area contributed by atoms with Crippen molar-refractivity contribution in [3.63, 3.8) is 0 Å². The highest BCUT2D eigenvalue weighted by atomic mass is 32.1. The molecule has 0 amide bonds. The lowest BCUT2D eigenvalue weighted by molar-refractivity contribution is 0.293. The molecule has 2 atom stereocenters. The van der Waals surface area contributed by atoms with E-state index >= 15 is 0 Å². The first-order chi connectivity index (χ1) is 8.66. The minimum Gasteiger partial charge on any atom is -0.388 e. The fourth-order valence-corrected chi connectivity index (χ4v) is 2.78. The lowest BCUT2D eigenvalue weighted by atomic mass is 9.82. The third-order valence-corrected chi connectivity index (χ3v) is 3.73. The molecule has 1 aromatic rings. The first-order valence-electron chi connectivity index (χ1n) is 6.51. The molecule has 1 aliphatic rings. The summed E-state index contributed by atoms with van der Waals surface area (Å²) in [5.41, 5.74) is 6.23. The zero-order valence-electron chi connectivity index (χ0n) is 10.7. The second-order valence-corrected chi connectivity index (χ2v) is 5.58. The largest absolute Gasteiger partial charge is 0.388 e. The fraction of sp³-hybridized carbons (Fsp3) is 0.615. The molecule has 3 N–H and O–H groups in total. The molecule has 0 radical (unpaired) electrons. The highest BCUT2D eigenvalue weighted by Crippen LogP contribution is 2.28. The summed E-state index contributed by atoms with van der Waals surface area (Å²) in [6.07, 6.45) is 8.54. The Morgan fingerprint density at radius 1 is 1.44 bits per heavy atom. The SMILES string of the molecule is CC1CCCC(CNc2nccnc2C(N)=S)C1. The van der Waals surface area contributed by atoms with E-state index in [1.54, 1.807) is 12.4 Å². The molecule has 1 saturated carbocycles. The molecule has 0 aromatic carbocycles. The van der Waals surface area contributed by atoms with E-state index in [-0.39, 0.29) is 0 Å².